The minimum atomic E-state index is -2.93. The Hall–Kier alpha value is -3.23. The fourth-order valence-electron chi connectivity index (χ4n) is 4.15. The highest BCUT2D eigenvalue weighted by Crippen LogP contribution is 2.48. The van der Waals surface area contributed by atoms with E-state index in [4.69, 9.17) is 5.73 Å². The third-order valence-electron chi connectivity index (χ3n) is 5.19. The number of rotatable bonds is 1. The molecule has 0 bridgehead atoms. The number of benzene rings is 1. The Kier molecular flexibility index (Phi) is 3.43. The second-order valence-corrected chi connectivity index (χ2v) is 6.81. The molecule has 0 spiro atoms. The summed E-state index contributed by atoms with van der Waals surface area (Å²) in [5, 5.41) is 42.0. The molecule has 8 heteroatoms. The van der Waals surface area contributed by atoms with Crippen molar-refractivity contribution in [1.29, 1.82) is 0 Å². The van der Waals surface area contributed by atoms with Crippen LogP contribution in [0.2, 0.25) is 0 Å². The number of Topliss-reactive ketones (excluding diaryl/α,β-unsaturated/α-hetero) is 2. The van der Waals surface area contributed by atoms with Crippen LogP contribution in [0.1, 0.15) is 28.8 Å². The lowest BCUT2D eigenvalue weighted by Gasteiger charge is -2.39. The van der Waals surface area contributed by atoms with Gasteiger partial charge >= 0.3 is 0 Å². The van der Waals surface area contributed by atoms with Gasteiger partial charge in [-0.3, -0.25) is 14.4 Å². The van der Waals surface area contributed by atoms with Crippen LogP contribution in [-0.2, 0) is 16.0 Å². The van der Waals surface area contributed by atoms with Crippen molar-refractivity contribution in [2.45, 2.75) is 25.0 Å². The summed E-state index contributed by atoms with van der Waals surface area (Å²) >= 11 is 0. The quantitative estimate of drug-likeness (QED) is 0.346. The summed E-state index contributed by atoms with van der Waals surface area (Å²) < 4.78 is 0. The first-order valence-corrected chi connectivity index (χ1v) is 8.16. The molecule has 0 saturated heterocycles. The molecule has 27 heavy (non-hydrogen) atoms. The van der Waals surface area contributed by atoms with Gasteiger partial charge in [0, 0.05) is 6.42 Å². The van der Waals surface area contributed by atoms with Crippen molar-refractivity contribution >= 4 is 17.5 Å². The van der Waals surface area contributed by atoms with E-state index in [2.05, 4.69) is 0 Å². The van der Waals surface area contributed by atoms with Gasteiger partial charge in [-0.25, -0.2) is 0 Å². The maximum absolute atomic E-state index is 12.9. The van der Waals surface area contributed by atoms with Crippen LogP contribution in [0.25, 0.3) is 0 Å². The molecule has 0 radical (unpaired) electrons. The second-order valence-electron chi connectivity index (χ2n) is 6.81. The Morgan fingerprint density at radius 2 is 1.67 bits per heavy atom. The standard InChI is InChI=1S/C19H15NO7/c20-18(25)13-11(22)6-9-5-8-4-7-2-1-3-10(21)12(7)16(23)14(8)19(26,27)15(9)17(13)24/h1-3,21,24,26-27H,4-6H2,(H2,20,25). The van der Waals surface area contributed by atoms with Crippen LogP contribution in [0, 0.1) is 0 Å². The van der Waals surface area contributed by atoms with Crippen molar-refractivity contribution in [3.05, 3.63) is 63.0 Å². The summed E-state index contributed by atoms with van der Waals surface area (Å²) in [7, 11) is 0. The lowest BCUT2D eigenvalue weighted by molar-refractivity contribution is -0.121. The van der Waals surface area contributed by atoms with E-state index in [0.29, 0.717) is 11.1 Å². The highest BCUT2D eigenvalue weighted by atomic mass is 16.5. The van der Waals surface area contributed by atoms with Gasteiger partial charge in [0.05, 0.1) is 16.7 Å². The largest absolute Gasteiger partial charge is 0.507 e. The highest BCUT2D eigenvalue weighted by molar-refractivity contribution is 6.21. The summed E-state index contributed by atoms with van der Waals surface area (Å²) in [6, 6.07) is 4.53. The van der Waals surface area contributed by atoms with Crippen LogP contribution in [-0.4, -0.2) is 43.7 Å². The van der Waals surface area contributed by atoms with Gasteiger partial charge in [-0.05, 0) is 35.6 Å². The van der Waals surface area contributed by atoms with Gasteiger partial charge in [-0.1, -0.05) is 12.1 Å². The molecule has 1 amide bonds. The van der Waals surface area contributed by atoms with Gasteiger partial charge in [0.25, 0.3) is 5.91 Å². The van der Waals surface area contributed by atoms with Gasteiger partial charge in [0.2, 0.25) is 5.79 Å². The van der Waals surface area contributed by atoms with Crippen molar-refractivity contribution in [3.8, 4) is 5.75 Å². The Balaban J connectivity index is 1.91. The van der Waals surface area contributed by atoms with Crippen LogP contribution < -0.4 is 5.73 Å². The zero-order valence-electron chi connectivity index (χ0n) is 13.9. The molecule has 0 saturated carbocycles. The molecule has 0 heterocycles. The minimum absolute atomic E-state index is 0.0433. The van der Waals surface area contributed by atoms with Crippen molar-refractivity contribution in [2.75, 3.05) is 0 Å². The number of aromatic hydroxyl groups is 1. The third-order valence-corrected chi connectivity index (χ3v) is 5.19. The zero-order valence-corrected chi connectivity index (χ0v) is 13.9. The molecule has 3 aliphatic carbocycles. The third kappa shape index (κ3) is 2.20. The molecule has 1 aromatic carbocycles. The number of carbonyl (C=O) groups is 3. The summed E-state index contributed by atoms with van der Waals surface area (Å²) in [4.78, 5) is 36.6. The predicted octanol–water partition coefficient (Wildman–Crippen LogP) is 0.0790. The van der Waals surface area contributed by atoms with Crippen LogP contribution >= 0.6 is 0 Å². The molecule has 3 aliphatic rings. The summed E-state index contributed by atoms with van der Waals surface area (Å²) in [6.45, 7) is 0. The van der Waals surface area contributed by atoms with Crippen LogP contribution in [0.5, 0.6) is 5.75 Å². The number of hydrogen-bond donors (Lipinski definition) is 5. The van der Waals surface area contributed by atoms with E-state index >= 15 is 0 Å². The summed E-state index contributed by atoms with van der Waals surface area (Å²) in [6.07, 6.45) is -0.0968. The molecule has 6 N–H and O–H groups in total. The molecule has 8 nitrogen and oxygen atoms in total. The topological polar surface area (TPSA) is 158 Å². The Labute approximate surface area is 152 Å². The van der Waals surface area contributed by atoms with E-state index in [0.717, 1.165) is 0 Å². The number of aliphatic hydroxyl groups is 3. The number of phenolic OH excluding ortho intramolecular Hbond substituents is 1. The van der Waals surface area contributed by atoms with E-state index < -0.39 is 40.2 Å². The number of phenols is 1. The number of ketones is 2. The SMILES string of the molecule is NC(=O)C1=C(O)C2=C(CC1=O)CC1=C(C(=O)c3c(O)cccc3C1)C2(O)O. The lowest BCUT2D eigenvalue weighted by Crippen LogP contribution is -2.45. The number of allylic oxidation sites excluding steroid dienone is 2. The van der Waals surface area contributed by atoms with Gasteiger partial charge in [-0.2, -0.15) is 0 Å². The Bertz CT molecular complexity index is 1060. The number of fused-ring (bicyclic) bond motifs is 1. The van der Waals surface area contributed by atoms with Crippen molar-refractivity contribution in [3.63, 3.8) is 0 Å². The molecule has 0 fully saturated rings. The van der Waals surface area contributed by atoms with Gasteiger partial charge < -0.3 is 26.2 Å². The summed E-state index contributed by atoms with van der Waals surface area (Å²) in [5.41, 5.74) is 4.61. The molecule has 138 valence electrons. The molecular formula is C19H15NO7. The van der Waals surface area contributed by atoms with Gasteiger partial charge in [-0.15, -0.1) is 0 Å². The zero-order chi connectivity index (χ0) is 19.7. The Morgan fingerprint density at radius 3 is 2.33 bits per heavy atom. The first-order valence-electron chi connectivity index (χ1n) is 8.16. The van der Waals surface area contributed by atoms with E-state index in [1.807, 2.05) is 0 Å². The maximum Gasteiger partial charge on any atom is 0.256 e. The highest BCUT2D eigenvalue weighted by Gasteiger charge is 2.51. The fourth-order valence-corrected chi connectivity index (χ4v) is 4.15. The molecule has 0 aromatic heterocycles. The molecule has 0 atom stereocenters. The lowest BCUT2D eigenvalue weighted by atomic mass is 9.69. The minimum Gasteiger partial charge on any atom is -0.507 e. The number of primary amides is 1. The van der Waals surface area contributed by atoms with Gasteiger partial charge in [0.1, 0.15) is 17.1 Å². The number of hydrogen-bond acceptors (Lipinski definition) is 7. The second kappa shape index (κ2) is 5.38. The normalized spacial score (nSPS) is 21.1. The summed E-state index contributed by atoms with van der Waals surface area (Å²) in [5.74, 6) is -6.86. The monoisotopic (exact) mass is 369 g/mol. The van der Waals surface area contributed by atoms with Crippen LogP contribution in [0.4, 0.5) is 0 Å². The number of carbonyl (C=O) groups excluding carboxylic acids is 3. The number of nitrogens with two attached hydrogens (primary N) is 1. The van der Waals surface area contributed by atoms with Crippen LogP contribution in [0.15, 0.2) is 51.8 Å². The Morgan fingerprint density at radius 1 is 1.00 bits per heavy atom. The van der Waals surface area contributed by atoms with Crippen molar-refractivity contribution in [2.24, 2.45) is 5.73 Å². The molecule has 0 aliphatic heterocycles. The van der Waals surface area contributed by atoms with Gasteiger partial charge in [0.15, 0.2) is 11.6 Å². The first kappa shape index (κ1) is 17.2. The molecular weight excluding hydrogens is 354 g/mol. The molecule has 4 rings (SSSR count). The van der Waals surface area contributed by atoms with Crippen LogP contribution in [0.3, 0.4) is 0 Å². The smallest absolute Gasteiger partial charge is 0.256 e. The average Bonchev–Trinajstić information content (AvgIpc) is 2.52. The number of aliphatic hydroxyl groups excluding tert-OH is 1. The van der Waals surface area contributed by atoms with Crippen molar-refractivity contribution < 1.29 is 34.8 Å². The average molecular weight is 369 g/mol. The maximum atomic E-state index is 12.9. The number of amides is 1. The predicted molar refractivity (Wildman–Crippen MR) is 90.5 cm³/mol. The van der Waals surface area contributed by atoms with E-state index in [-0.39, 0.29) is 41.7 Å². The van der Waals surface area contributed by atoms with Crippen molar-refractivity contribution in [1.82, 2.24) is 0 Å². The molecule has 0 unspecified atom stereocenters. The fraction of sp³-hybridized carbons (Fsp3) is 0.211. The van der Waals surface area contributed by atoms with E-state index in [1.165, 1.54) is 6.07 Å². The van der Waals surface area contributed by atoms with E-state index in [1.54, 1.807) is 12.1 Å². The van der Waals surface area contributed by atoms with E-state index in [9.17, 15) is 34.8 Å². The first-order chi connectivity index (χ1) is 12.6. The molecule has 1 aromatic rings.